The van der Waals surface area contributed by atoms with Crippen molar-refractivity contribution in [2.75, 3.05) is 20.3 Å². The number of para-hydroxylation sites is 1. The number of benzene rings is 3. The predicted molar refractivity (Wildman–Crippen MR) is 162 cm³/mol. The highest BCUT2D eigenvalue weighted by Gasteiger charge is 2.32. The quantitative estimate of drug-likeness (QED) is 0.120. The van der Waals surface area contributed by atoms with E-state index in [0.717, 1.165) is 5.56 Å². The summed E-state index contributed by atoms with van der Waals surface area (Å²) < 4.78 is 35.4. The number of nitrogens with one attached hydrogen (secondary N) is 3. The molecule has 1 aliphatic heterocycles. The first-order valence-corrected chi connectivity index (χ1v) is 13.7. The Morgan fingerprint density at radius 1 is 1.05 bits per heavy atom. The third kappa shape index (κ3) is 8.29. The normalized spacial score (nSPS) is 14.5. The van der Waals surface area contributed by atoms with E-state index in [1.54, 1.807) is 68.4 Å². The molecule has 0 bridgehead atoms. The molecule has 1 heterocycles. The molecule has 0 saturated carbocycles. The Hall–Kier alpha value is -4.97. The maximum atomic E-state index is 13.1. The van der Waals surface area contributed by atoms with Crippen LogP contribution in [0, 0.1) is 5.82 Å². The summed E-state index contributed by atoms with van der Waals surface area (Å²) in [6.45, 7) is 3.59. The minimum atomic E-state index is -0.636. The largest absolute Gasteiger partial charge is 0.493 e. The smallest absolute Gasteiger partial charge is 0.338 e. The number of allylic oxidation sites excluding steroid dienone is 1. The van der Waals surface area contributed by atoms with Gasteiger partial charge in [-0.3, -0.25) is 4.79 Å². The van der Waals surface area contributed by atoms with Gasteiger partial charge in [-0.05, 0) is 73.6 Å². The van der Waals surface area contributed by atoms with Gasteiger partial charge in [0.05, 0.1) is 31.5 Å². The zero-order chi connectivity index (χ0) is 30.8. The molecule has 12 heteroatoms. The highest BCUT2D eigenvalue weighted by atomic mass is 32.1. The Bertz CT molecular complexity index is 1540. The Balaban J connectivity index is 1.36. The van der Waals surface area contributed by atoms with Gasteiger partial charge >= 0.3 is 5.97 Å². The summed E-state index contributed by atoms with van der Waals surface area (Å²) in [7, 11) is 1.51. The second-order valence-corrected chi connectivity index (χ2v) is 9.64. The lowest BCUT2D eigenvalue weighted by atomic mass is 9.95. The Labute approximate surface area is 253 Å². The van der Waals surface area contributed by atoms with E-state index in [1.807, 2.05) is 0 Å². The van der Waals surface area contributed by atoms with Crippen molar-refractivity contribution in [3.05, 3.63) is 101 Å². The first-order valence-electron chi connectivity index (χ1n) is 13.3. The summed E-state index contributed by atoms with van der Waals surface area (Å²) >= 11 is 5.31. The number of ether oxygens (including phenoxy) is 4. The molecule has 1 atom stereocenters. The van der Waals surface area contributed by atoms with Gasteiger partial charge < -0.3 is 29.6 Å². The van der Waals surface area contributed by atoms with Crippen LogP contribution in [0.2, 0.25) is 0 Å². The number of amides is 1. The molecule has 4 rings (SSSR count). The van der Waals surface area contributed by atoms with Crippen LogP contribution in [-0.2, 0) is 20.9 Å². The molecule has 10 nitrogen and oxygen atoms in total. The lowest BCUT2D eigenvalue weighted by molar-refractivity contribution is -0.139. The molecule has 3 N–H and O–H groups in total. The summed E-state index contributed by atoms with van der Waals surface area (Å²) in [5.41, 5.74) is 5.44. The van der Waals surface area contributed by atoms with E-state index in [1.165, 1.54) is 25.5 Å². The number of halogens is 1. The number of carbonyl (C=O) groups excluding carboxylic acids is 2. The summed E-state index contributed by atoms with van der Waals surface area (Å²) in [4.78, 5) is 25.2. The van der Waals surface area contributed by atoms with Crippen molar-refractivity contribution in [1.29, 1.82) is 0 Å². The number of esters is 1. The lowest BCUT2D eigenvalue weighted by Gasteiger charge is -2.30. The Kier molecular flexibility index (Phi) is 10.6. The summed E-state index contributed by atoms with van der Waals surface area (Å²) in [5, 5.41) is 10.4. The molecule has 0 fully saturated rings. The predicted octanol–water partition coefficient (Wildman–Crippen LogP) is 4.30. The molecule has 1 aliphatic rings. The number of hydrazone groups is 1. The monoisotopic (exact) mass is 606 g/mol. The second-order valence-electron chi connectivity index (χ2n) is 9.24. The Morgan fingerprint density at radius 2 is 1.81 bits per heavy atom. The summed E-state index contributed by atoms with van der Waals surface area (Å²) in [6.07, 6.45) is 1.46. The van der Waals surface area contributed by atoms with Crippen LogP contribution in [0.25, 0.3) is 0 Å². The lowest BCUT2D eigenvalue weighted by Crippen LogP contribution is -2.45. The second kappa shape index (κ2) is 14.8. The molecular weight excluding hydrogens is 575 g/mol. The number of hydrogen-bond donors (Lipinski definition) is 3. The van der Waals surface area contributed by atoms with Crippen molar-refractivity contribution >= 4 is 35.4 Å². The van der Waals surface area contributed by atoms with Gasteiger partial charge in [-0.15, -0.1) is 0 Å². The zero-order valence-corrected chi connectivity index (χ0v) is 24.6. The molecule has 3 aromatic carbocycles. The highest BCUT2D eigenvalue weighted by molar-refractivity contribution is 7.80. The highest BCUT2D eigenvalue weighted by Crippen LogP contribution is 2.33. The summed E-state index contributed by atoms with van der Waals surface area (Å²) in [6, 6.07) is 17.6. The zero-order valence-electron chi connectivity index (χ0n) is 23.8. The van der Waals surface area contributed by atoms with Crippen LogP contribution in [0.3, 0.4) is 0 Å². The molecule has 43 heavy (non-hydrogen) atoms. The van der Waals surface area contributed by atoms with Crippen molar-refractivity contribution < 1.29 is 32.9 Å². The number of hydrogen-bond acceptors (Lipinski definition) is 8. The number of methoxy groups -OCH3 is 1. The van der Waals surface area contributed by atoms with Crippen LogP contribution in [-0.4, -0.2) is 43.5 Å². The molecule has 1 amide bonds. The fourth-order valence-electron chi connectivity index (χ4n) is 4.24. The molecule has 0 unspecified atom stereocenters. The van der Waals surface area contributed by atoms with Gasteiger partial charge in [-0.25, -0.2) is 14.6 Å². The number of carbonyl (C=O) groups is 2. The van der Waals surface area contributed by atoms with Crippen molar-refractivity contribution in [3.8, 4) is 17.2 Å². The third-order valence-electron chi connectivity index (χ3n) is 6.25. The molecule has 0 saturated heterocycles. The van der Waals surface area contributed by atoms with Gasteiger partial charge in [0, 0.05) is 11.3 Å². The van der Waals surface area contributed by atoms with E-state index >= 15 is 0 Å². The van der Waals surface area contributed by atoms with E-state index in [2.05, 4.69) is 21.2 Å². The number of thiocarbonyl (C=S) groups is 1. The van der Waals surface area contributed by atoms with Crippen LogP contribution >= 0.6 is 12.2 Å². The van der Waals surface area contributed by atoms with Crippen LogP contribution < -0.4 is 30.3 Å². The van der Waals surface area contributed by atoms with Crippen LogP contribution in [0.1, 0.15) is 36.6 Å². The fraction of sp³-hybridized carbons (Fsp3) is 0.226. The minimum Gasteiger partial charge on any atom is -0.493 e. The van der Waals surface area contributed by atoms with Gasteiger partial charge in [0.25, 0.3) is 5.91 Å². The van der Waals surface area contributed by atoms with E-state index < -0.39 is 17.9 Å². The summed E-state index contributed by atoms with van der Waals surface area (Å²) in [5.74, 6) is 0.0570. The third-order valence-corrected chi connectivity index (χ3v) is 6.47. The number of nitrogens with zero attached hydrogens (tertiary/aromatic N) is 1. The number of rotatable bonds is 12. The topological polar surface area (TPSA) is 120 Å². The fourth-order valence-corrected chi connectivity index (χ4v) is 4.51. The van der Waals surface area contributed by atoms with Crippen LogP contribution in [0.5, 0.6) is 17.2 Å². The van der Waals surface area contributed by atoms with E-state index in [4.69, 9.17) is 31.2 Å². The molecular formula is C31H31FN4O6S. The first-order chi connectivity index (χ1) is 20.8. The molecule has 0 aliphatic carbocycles. The minimum absolute atomic E-state index is 0.216. The maximum Gasteiger partial charge on any atom is 0.338 e. The van der Waals surface area contributed by atoms with Gasteiger partial charge in [0.15, 0.2) is 23.2 Å². The Morgan fingerprint density at radius 3 is 2.56 bits per heavy atom. The molecule has 0 spiro atoms. The molecule has 3 aromatic rings. The van der Waals surface area contributed by atoms with Gasteiger partial charge in [-0.2, -0.15) is 5.10 Å². The molecule has 0 radical (unpaired) electrons. The van der Waals surface area contributed by atoms with Gasteiger partial charge in [0.1, 0.15) is 18.2 Å². The van der Waals surface area contributed by atoms with Crippen molar-refractivity contribution in [3.63, 3.8) is 0 Å². The SMILES string of the molecule is CCOC(=O)C1=C(C)NC(=S)N[C@@H]1c1ccccc1OCC(=O)NN=Cc1ccc(OCc2ccc(F)cc2)c(OC)c1. The first kappa shape index (κ1) is 31.0. The van der Waals surface area contributed by atoms with Crippen molar-refractivity contribution in [1.82, 2.24) is 16.1 Å². The van der Waals surface area contributed by atoms with Crippen LogP contribution in [0.15, 0.2) is 83.1 Å². The van der Waals surface area contributed by atoms with Crippen molar-refractivity contribution in [2.24, 2.45) is 5.10 Å². The van der Waals surface area contributed by atoms with Gasteiger partial charge in [0.2, 0.25) is 0 Å². The maximum absolute atomic E-state index is 13.1. The standard InChI is InChI=1S/C31H31FN4O6S/c1-4-40-30(38)28-19(2)34-31(43)35-29(28)23-7-5-6-8-24(23)42-18-27(37)36-33-16-21-11-14-25(26(15-21)39-3)41-17-20-9-12-22(32)13-10-20/h5-16,29H,4,17-18H2,1-3H3,(H,36,37)(H2,34,35,43)/t29-/m1/s1. The van der Waals surface area contributed by atoms with E-state index in [-0.39, 0.29) is 25.6 Å². The average molecular weight is 607 g/mol. The van der Waals surface area contributed by atoms with Crippen LogP contribution in [0.4, 0.5) is 4.39 Å². The molecule has 224 valence electrons. The molecule has 0 aromatic heterocycles. The van der Waals surface area contributed by atoms with Gasteiger partial charge in [-0.1, -0.05) is 30.3 Å². The van der Waals surface area contributed by atoms with Crippen molar-refractivity contribution in [2.45, 2.75) is 26.5 Å². The average Bonchev–Trinajstić information content (AvgIpc) is 3.00. The van der Waals surface area contributed by atoms with E-state index in [0.29, 0.717) is 44.8 Å². The van der Waals surface area contributed by atoms with E-state index in [9.17, 15) is 14.0 Å².